The number of aryl methyl sites for hydroxylation is 2. The number of hydrogen-bond donors (Lipinski definition) is 0. The van der Waals surface area contributed by atoms with E-state index in [1.807, 2.05) is 43.0 Å². The van der Waals surface area contributed by atoms with E-state index in [2.05, 4.69) is 15.0 Å². The Morgan fingerprint density at radius 2 is 2.04 bits per heavy atom. The van der Waals surface area contributed by atoms with Crippen molar-refractivity contribution in [1.82, 2.24) is 19.7 Å². The van der Waals surface area contributed by atoms with Crippen LogP contribution in [0.25, 0.3) is 10.2 Å². The lowest BCUT2D eigenvalue weighted by molar-refractivity contribution is 0.0734. The second-order valence-corrected chi connectivity index (χ2v) is 7.77. The van der Waals surface area contributed by atoms with Crippen LogP contribution in [-0.4, -0.2) is 51.8 Å². The summed E-state index contributed by atoms with van der Waals surface area (Å²) >= 11 is 7.88. The number of fused-ring (bicyclic) bond motifs is 1. The second kappa shape index (κ2) is 6.89. The van der Waals surface area contributed by atoms with Gasteiger partial charge < -0.3 is 9.80 Å². The van der Waals surface area contributed by atoms with Gasteiger partial charge in [0.15, 0.2) is 5.13 Å². The summed E-state index contributed by atoms with van der Waals surface area (Å²) < 4.78 is 2.87. The molecule has 1 aliphatic rings. The molecule has 26 heavy (non-hydrogen) atoms. The number of nitrogens with zero attached hydrogens (tertiary/aromatic N) is 5. The molecule has 0 unspecified atom stereocenters. The number of hydrogen-bond acceptors (Lipinski definition) is 5. The Balaban J connectivity index is 1.48. The molecule has 8 heteroatoms. The van der Waals surface area contributed by atoms with E-state index in [1.165, 1.54) is 0 Å². The van der Waals surface area contributed by atoms with Gasteiger partial charge in [-0.25, -0.2) is 4.98 Å². The van der Waals surface area contributed by atoms with Crippen LogP contribution in [0, 0.1) is 6.92 Å². The fraction of sp³-hybridized carbons (Fsp3) is 0.389. The van der Waals surface area contributed by atoms with Gasteiger partial charge in [-0.2, -0.15) is 5.10 Å². The molecule has 3 heterocycles. The normalized spacial score (nSPS) is 15.0. The Bertz CT molecular complexity index is 958. The van der Waals surface area contributed by atoms with E-state index in [0.717, 1.165) is 34.1 Å². The van der Waals surface area contributed by atoms with Crippen molar-refractivity contribution >= 4 is 44.2 Å². The Hall–Kier alpha value is -2.12. The molecule has 1 aromatic carbocycles. The first-order chi connectivity index (χ1) is 12.6. The van der Waals surface area contributed by atoms with Crippen molar-refractivity contribution in [2.75, 3.05) is 31.1 Å². The van der Waals surface area contributed by atoms with Gasteiger partial charge in [-0.05, 0) is 32.0 Å². The molecule has 4 rings (SSSR count). The average Bonchev–Trinajstić information content (AvgIpc) is 3.25. The lowest BCUT2D eigenvalue weighted by Gasteiger charge is -2.34. The topological polar surface area (TPSA) is 54.3 Å². The van der Waals surface area contributed by atoms with Crippen molar-refractivity contribution < 1.29 is 4.79 Å². The smallest absolute Gasteiger partial charge is 0.272 e. The number of benzene rings is 1. The first kappa shape index (κ1) is 17.3. The third-order valence-corrected chi connectivity index (χ3v) is 6.00. The minimum Gasteiger partial charge on any atom is -0.345 e. The molecule has 0 bridgehead atoms. The van der Waals surface area contributed by atoms with Gasteiger partial charge in [0.25, 0.3) is 5.91 Å². The molecular weight excluding hydrogens is 370 g/mol. The Kier molecular flexibility index (Phi) is 4.58. The van der Waals surface area contributed by atoms with Crippen LogP contribution in [0.3, 0.4) is 0 Å². The summed E-state index contributed by atoms with van der Waals surface area (Å²) in [6.07, 6.45) is 0. The van der Waals surface area contributed by atoms with Crippen molar-refractivity contribution in [2.45, 2.75) is 20.4 Å². The van der Waals surface area contributed by atoms with Crippen LogP contribution in [0.2, 0.25) is 5.02 Å². The zero-order valence-corrected chi connectivity index (χ0v) is 16.3. The Morgan fingerprint density at radius 1 is 1.27 bits per heavy atom. The predicted octanol–water partition coefficient (Wildman–Crippen LogP) is 3.44. The highest BCUT2D eigenvalue weighted by atomic mass is 35.5. The van der Waals surface area contributed by atoms with E-state index in [4.69, 9.17) is 11.6 Å². The van der Waals surface area contributed by atoms with Crippen molar-refractivity contribution in [2.24, 2.45) is 0 Å². The Morgan fingerprint density at radius 3 is 2.73 bits per heavy atom. The SMILES string of the molecule is CCn1nc(C)cc1C(=O)N1CCN(c2nc3c(Cl)cccc3s2)CC1. The molecule has 0 spiro atoms. The minimum absolute atomic E-state index is 0.0550. The van der Waals surface area contributed by atoms with Crippen LogP contribution in [-0.2, 0) is 6.54 Å². The average molecular weight is 390 g/mol. The quantitative estimate of drug-likeness (QED) is 0.688. The van der Waals surface area contributed by atoms with Crippen molar-refractivity contribution in [3.05, 3.63) is 40.7 Å². The zero-order chi connectivity index (χ0) is 18.3. The third kappa shape index (κ3) is 3.05. The van der Waals surface area contributed by atoms with Crippen LogP contribution in [0.5, 0.6) is 0 Å². The van der Waals surface area contributed by atoms with Crippen LogP contribution in [0.1, 0.15) is 23.1 Å². The maximum absolute atomic E-state index is 12.8. The van der Waals surface area contributed by atoms with Gasteiger partial charge in [0.1, 0.15) is 11.2 Å². The summed E-state index contributed by atoms with van der Waals surface area (Å²) in [6, 6.07) is 7.72. The number of amides is 1. The van der Waals surface area contributed by atoms with Gasteiger partial charge in [0, 0.05) is 32.7 Å². The lowest BCUT2D eigenvalue weighted by Crippen LogP contribution is -2.49. The maximum Gasteiger partial charge on any atom is 0.272 e. The molecule has 2 aromatic heterocycles. The maximum atomic E-state index is 12.8. The lowest BCUT2D eigenvalue weighted by atomic mass is 10.2. The highest BCUT2D eigenvalue weighted by Gasteiger charge is 2.26. The summed E-state index contributed by atoms with van der Waals surface area (Å²) in [5.41, 5.74) is 2.40. The number of thiazole rings is 1. The van der Waals surface area contributed by atoms with Crippen molar-refractivity contribution in [3.8, 4) is 0 Å². The number of carbonyl (C=O) groups is 1. The summed E-state index contributed by atoms with van der Waals surface area (Å²) in [5.74, 6) is 0.0550. The number of halogens is 1. The van der Waals surface area contributed by atoms with Crippen LogP contribution >= 0.6 is 22.9 Å². The fourth-order valence-electron chi connectivity index (χ4n) is 3.26. The zero-order valence-electron chi connectivity index (χ0n) is 14.8. The third-order valence-electron chi connectivity index (χ3n) is 4.62. The molecule has 0 saturated carbocycles. The highest BCUT2D eigenvalue weighted by Crippen LogP contribution is 2.33. The van der Waals surface area contributed by atoms with Gasteiger partial charge in [-0.15, -0.1) is 0 Å². The summed E-state index contributed by atoms with van der Waals surface area (Å²) in [7, 11) is 0. The van der Waals surface area contributed by atoms with Crippen LogP contribution < -0.4 is 4.90 Å². The second-order valence-electron chi connectivity index (χ2n) is 6.35. The van der Waals surface area contributed by atoms with Gasteiger partial charge in [0.2, 0.25) is 0 Å². The van der Waals surface area contributed by atoms with Crippen molar-refractivity contribution in [3.63, 3.8) is 0 Å². The number of para-hydroxylation sites is 1. The molecule has 1 amide bonds. The standard InChI is InChI=1S/C18H20ClN5OS/c1-3-24-14(11-12(2)21-24)17(25)22-7-9-23(10-8-22)18-20-16-13(19)5-4-6-15(16)26-18/h4-6,11H,3,7-10H2,1-2H3. The molecule has 3 aromatic rings. The molecule has 1 fully saturated rings. The number of carbonyl (C=O) groups excluding carboxylic acids is 1. The molecule has 0 radical (unpaired) electrons. The van der Waals surface area contributed by atoms with Crippen LogP contribution in [0.15, 0.2) is 24.3 Å². The number of rotatable bonds is 3. The van der Waals surface area contributed by atoms with E-state index in [1.54, 1.807) is 16.0 Å². The highest BCUT2D eigenvalue weighted by molar-refractivity contribution is 7.22. The van der Waals surface area contributed by atoms with E-state index in [-0.39, 0.29) is 5.91 Å². The molecule has 0 N–H and O–H groups in total. The number of anilines is 1. The summed E-state index contributed by atoms with van der Waals surface area (Å²) in [6.45, 7) is 7.50. The fourth-order valence-corrected chi connectivity index (χ4v) is 4.58. The summed E-state index contributed by atoms with van der Waals surface area (Å²) in [4.78, 5) is 21.7. The van der Waals surface area contributed by atoms with Gasteiger partial charge in [-0.3, -0.25) is 9.48 Å². The summed E-state index contributed by atoms with van der Waals surface area (Å²) in [5, 5.41) is 6.03. The van der Waals surface area contributed by atoms with E-state index in [0.29, 0.717) is 30.4 Å². The molecule has 0 atom stereocenters. The monoisotopic (exact) mass is 389 g/mol. The number of piperazine rings is 1. The van der Waals surface area contributed by atoms with E-state index >= 15 is 0 Å². The first-order valence-corrected chi connectivity index (χ1v) is 9.90. The van der Waals surface area contributed by atoms with Gasteiger partial charge in [-0.1, -0.05) is 29.0 Å². The van der Waals surface area contributed by atoms with Gasteiger partial charge >= 0.3 is 0 Å². The van der Waals surface area contributed by atoms with Crippen molar-refractivity contribution in [1.29, 1.82) is 0 Å². The largest absolute Gasteiger partial charge is 0.345 e. The Labute approximate surface area is 161 Å². The van der Waals surface area contributed by atoms with Crippen LogP contribution in [0.4, 0.5) is 5.13 Å². The molecule has 1 saturated heterocycles. The predicted molar refractivity (Wildman–Crippen MR) is 105 cm³/mol. The van der Waals surface area contributed by atoms with E-state index in [9.17, 15) is 4.79 Å². The number of aromatic nitrogens is 3. The molecule has 0 aliphatic carbocycles. The molecular formula is C18H20ClN5OS. The molecule has 1 aliphatic heterocycles. The molecule has 136 valence electrons. The van der Waals surface area contributed by atoms with Gasteiger partial charge in [0.05, 0.1) is 15.4 Å². The minimum atomic E-state index is 0.0550. The van der Waals surface area contributed by atoms with E-state index < -0.39 is 0 Å². The first-order valence-electron chi connectivity index (χ1n) is 8.70. The molecule has 6 nitrogen and oxygen atoms in total.